The Morgan fingerprint density at radius 1 is 1.20 bits per heavy atom. The monoisotopic (exact) mass is 140 g/mol. The van der Waals surface area contributed by atoms with Crippen molar-refractivity contribution in [3.63, 3.8) is 0 Å². The number of fused-ring (bicyclic) bond motifs is 2. The summed E-state index contributed by atoms with van der Waals surface area (Å²) in [5, 5.41) is 0. The molecule has 0 aromatic carbocycles. The summed E-state index contributed by atoms with van der Waals surface area (Å²) in [6.07, 6.45) is 4.89. The van der Waals surface area contributed by atoms with Crippen LogP contribution in [0.3, 0.4) is 0 Å². The number of methoxy groups -OCH3 is 1. The fraction of sp³-hybridized carbons (Fsp3) is 1.00. The Kier molecular flexibility index (Phi) is 1.48. The summed E-state index contributed by atoms with van der Waals surface area (Å²) in [5.74, 6) is 2.80. The highest BCUT2D eigenvalue weighted by Crippen LogP contribution is 2.48. The van der Waals surface area contributed by atoms with Gasteiger partial charge in [0, 0.05) is 7.11 Å². The van der Waals surface area contributed by atoms with E-state index in [1.54, 1.807) is 0 Å². The van der Waals surface area contributed by atoms with Crippen molar-refractivity contribution in [3.05, 3.63) is 0 Å². The van der Waals surface area contributed by atoms with Gasteiger partial charge in [0.05, 0.1) is 6.10 Å². The molecule has 0 aliphatic heterocycles. The molecule has 3 rings (SSSR count). The van der Waals surface area contributed by atoms with E-state index in [9.17, 15) is 0 Å². The van der Waals surface area contributed by atoms with Gasteiger partial charge in [0.1, 0.15) is 0 Å². The molecule has 1 nitrogen and oxygen atoms in total. The lowest BCUT2D eigenvalue weighted by molar-refractivity contribution is -0.0885. The first-order chi connectivity index (χ1) is 4.81. The Balaban J connectivity index is 2.01. The minimum Gasteiger partial charge on any atom is -0.381 e. The maximum atomic E-state index is 5.45. The maximum Gasteiger partial charge on any atom is 0.0625 e. The summed E-state index contributed by atoms with van der Waals surface area (Å²) in [7, 11) is 1.86. The molecule has 58 valence electrons. The third kappa shape index (κ3) is 0.800. The van der Waals surface area contributed by atoms with Crippen molar-refractivity contribution in [3.8, 4) is 0 Å². The summed E-state index contributed by atoms with van der Waals surface area (Å²) in [6.45, 7) is 2.33. The lowest BCUT2D eigenvalue weighted by Gasteiger charge is -2.49. The molecule has 0 heterocycles. The predicted molar refractivity (Wildman–Crippen MR) is 40.8 cm³/mol. The lowest BCUT2D eigenvalue weighted by atomic mass is 9.60. The summed E-state index contributed by atoms with van der Waals surface area (Å²) >= 11 is 0. The SMILES string of the molecule is CO[C@@H]1C2CC(C2)C[C@H]1C. The summed E-state index contributed by atoms with van der Waals surface area (Å²) in [6, 6.07) is 0. The minimum atomic E-state index is 0.588. The average Bonchev–Trinajstić information content (AvgIpc) is 1.85. The van der Waals surface area contributed by atoms with Crippen LogP contribution in [0.2, 0.25) is 0 Å². The van der Waals surface area contributed by atoms with E-state index < -0.39 is 0 Å². The van der Waals surface area contributed by atoms with E-state index in [2.05, 4.69) is 6.92 Å². The van der Waals surface area contributed by atoms with Crippen LogP contribution in [-0.2, 0) is 4.74 Å². The van der Waals surface area contributed by atoms with Gasteiger partial charge in [-0.25, -0.2) is 0 Å². The molecular weight excluding hydrogens is 124 g/mol. The molecule has 2 bridgehead atoms. The molecule has 3 fully saturated rings. The van der Waals surface area contributed by atoms with E-state index in [4.69, 9.17) is 4.74 Å². The van der Waals surface area contributed by atoms with E-state index in [1.807, 2.05) is 7.11 Å². The van der Waals surface area contributed by atoms with Crippen molar-refractivity contribution < 1.29 is 4.74 Å². The Labute approximate surface area is 62.8 Å². The second kappa shape index (κ2) is 2.23. The van der Waals surface area contributed by atoms with Crippen LogP contribution < -0.4 is 0 Å². The number of ether oxygens (including phenoxy) is 1. The first-order valence-corrected chi connectivity index (χ1v) is 4.34. The van der Waals surface area contributed by atoms with Crippen molar-refractivity contribution in [2.75, 3.05) is 7.11 Å². The van der Waals surface area contributed by atoms with Gasteiger partial charge < -0.3 is 4.74 Å². The molecule has 0 spiro atoms. The van der Waals surface area contributed by atoms with Gasteiger partial charge in [-0.15, -0.1) is 0 Å². The Hall–Kier alpha value is -0.0400. The molecule has 3 aliphatic carbocycles. The summed E-state index contributed by atoms with van der Waals surface area (Å²) in [4.78, 5) is 0. The summed E-state index contributed by atoms with van der Waals surface area (Å²) < 4.78 is 5.45. The van der Waals surface area contributed by atoms with Crippen molar-refractivity contribution in [2.45, 2.75) is 32.3 Å². The molecule has 0 aromatic heterocycles. The molecule has 3 aliphatic rings. The van der Waals surface area contributed by atoms with Gasteiger partial charge >= 0.3 is 0 Å². The van der Waals surface area contributed by atoms with Crippen molar-refractivity contribution in [1.29, 1.82) is 0 Å². The van der Waals surface area contributed by atoms with Crippen molar-refractivity contribution >= 4 is 0 Å². The standard InChI is InChI=1S/C9H16O/c1-6-3-7-4-8(5-7)9(6)10-2/h6-9H,3-5H2,1-2H3/t6-,7?,8?,9+/m1/s1. The quantitative estimate of drug-likeness (QED) is 0.541. The average molecular weight is 140 g/mol. The van der Waals surface area contributed by atoms with Crippen LogP contribution >= 0.6 is 0 Å². The zero-order valence-corrected chi connectivity index (χ0v) is 6.84. The maximum absolute atomic E-state index is 5.45. The third-order valence-corrected chi connectivity index (χ3v) is 3.27. The van der Waals surface area contributed by atoms with Gasteiger partial charge in [0.25, 0.3) is 0 Å². The largest absolute Gasteiger partial charge is 0.381 e. The van der Waals surface area contributed by atoms with E-state index in [0.717, 1.165) is 17.8 Å². The van der Waals surface area contributed by atoms with Crippen LogP contribution in [0.4, 0.5) is 0 Å². The number of hydrogen-bond donors (Lipinski definition) is 0. The normalized spacial score (nSPS) is 52.2. The Morgan fingerprint density at radius 2 is 1.90 bits per heavy atom. The molecule has 2 atom stereocenters. The highest BCUT2D eigenvalue weighted by atomic mass is 16.5. The van der Waals surface area contributed by atoms with Gasteiger partial charge in [0.2, 0.25) is 0 Å². The molecule has 0 N–H and O–H groups in total. The second-order valence-corrected chi connectivity index (χ2v) is 4.01. The smallest absolute Gasteiger partial charge is 0.0625 e. The predicted octanol–water partition coefficient (Wildman–Crippen LogP) is 2.07. The van der Waals surface area contributed by atoms with Crippen LogP contribution in [-0.4, -0.2) is 13.2 Å². The van der Waals surface area contributed by atoms with E-state index in [-0.39, 0.29) is 0 Å². The number of rotatable bonds is 1. The minimum absolute atomic E-state index is 0.588. The second-order valence-electron chi connectivity index (χ2n) is 4.01. The zero-order valence-electron chi connectivity index (χ0n) is 6.84. The lowest BCUT2D eigenvalue weighted by Crippen LogP contribution is -2.45. The molecular formula is C9H16O. The van der Waals surface area contributed by atoms with Crippen LogP contribution in [0.1, 0.15) is 26.2 Å². The fourth-order valence-electron chi connectivity index (χ4n) is 2.80. The van der Waals surface area contributed by atoms with Crippen LogP contribution in [0, 0.1) is 17.8 Å². The Morgan fingerprint density at radius 3 is 2.30 bits per heavy atom. The highest BCUT2D eigenvalue weighted by Gasteiger charge is 2.43. The van der Waals surface area contributed by atoms with Crippen LogP contribution in [0.5, 0.6) is 0 Å². The molecule has 3 saturated carbocycles. The van der Waals surface area contributed by atoms with Crippen LogP contribution in [0.15, 0.2) is 0 Å². The highest BCUT2D eigenvalue weighted by molar-refractivity contribution is 4.94. The molecule has 1 heteroatoms. The first-order valence-electron chi connectivity index (χ1n) is 4.34. The molecule has 0 radical (unpaired) electrons. The third-order valence-electron chi connectivity index (χ3n) is 3.27. The molecule has 10 heavy (non-hydrogen) atoms. The summed E-state index contributed by atoms with van der Waals surface area (Å²) in [5.41, 5.74) is 0. The van der Waals surface area contributed by atoms with Gasteiger partial charge in [-0.3, -0.25) is 0 Å². The molecule has 0 amide bonds. The molecule has 0 saturated heterocycles. The van der Waals surface area contributed by atoms with Gasteiger partial charge in [-0.2, -0.15) is 0 Å². The fourth-order valence-corrected chi connectivity index (χ4v) is 2.80. The topological polar surface area (TPSA) is 9.23 Å². The van der Waals surface area contributed by atoms with E-state index >= 15 is 0 Å². The Bertz CT molecular complexity index is 125. The van der Waals surface area contributed by atoms with E-state index in [1.165, 1.54) is 19.3 Å². The van der Waals surface area contributed by atoms with Gasteiger partial charge in [-0.1, -0.05) is 6.92 Å². The zero-order chi connectivity index (χ0) is 7.14. The first kappa shape index (κ1) is 6.66. The van der Waals surface area contributed by atoms with Gasteiger partial charge in [-0.05, 0) is 37.0 Å². The van der Waals surface area contributed by atoms with Crippen molar-refractivity contribution in [1.82, 2.24) is 0 Å². The van der Waals surface area contributed by atoms with Gasteiger partial charge in [0.15, 0.2) is 0 Å². The number of hydrogen-bond acceptors (Lipinski definition) is 1. The molecule has 0 aromatic rings. The van der Waals surface area contributed by atoms with Crippen molar-refractivity contribution in [2.24, 2.45) is 17.8 Å². The molecule has 0 unspecified atom stereocenters. The van der Waals surface area contributed by atoms with Crippen LogP contribution in [0.25, 0.3) is 0 Å². The van der Waals surface area contributed by atoms with E-state index in [0.29, 0.717) is 6.10 Å².